The van der Waals surface area contributed by atoms with Crippen LogP contribution in [0.5, 0.6) is 0 Å². The van der Waals surface area contributed by atoms with E-state index in [4.69, 9.17) is 11.6 Å². The van der Waals surface area contributed by atoms with E-state index in [1.54, 1.807) is 18.2 Å². The molecule has 1 nitrogen and oxygen atoms in total. The van der Waals surface area contributed by atoms with Gasteiger partial charge in [0.15, 0.2) is 11.6 Å². The average molecular weight is 268 g/mol. The van der Waals surface area contributed by atoms with Crippen molar-refractivity contribution in [3.05, 3.63) is 64.7 Å². The van der Waals surface area contributed by atoms with Crippen molar-refractivity contribution in [3.8, 4) is 0 Å². The number of hydrogen-bond acceptors (Lipinski definition) is 1. The second-order valence-electron chi connectivity index (χ2n) is 4.05. The van der Waals surface area contributed by atoms with Crippen molar-refractivity contribution >= 4 is 17.3 Å². The maximum absolute atomic E-state index is 13.1. The minimum atomic E-state index is -0.841. The van der Waals surface area contributed by atoms with E-state index >= 15 is 0 Å². The number of nitrogens with one attached hydrogen (secondary N) is 1. The molecule has 1 N–H and O–H groups in total. The van der Waals surface area contributed by atoms with Gasteiger partial charge in [-0.15, -0.1) is 0 Å². The molecular formula is C14H12ClF2N. The van der Waals surface area contributed by atoms with Crippen molar-refractivity contribution in [2.75, 3.05) is 5.32 Å². The molecule has 0 saturated heterocycles. The number of rotatable bonds is 3. The van der Waals surface area contributed by atoms with Crippen molar-refractivity contribution in [1.29, 1.82) is 0 Å². The first-order chi connectivity index (χ1) is 8.56. The highest BCUT2D eigenvalue weighted by atomic mass is 35.5. The average Bonchev–Trinajstić information content (AvgIpc) is 2.32. The lowest BCUT2D eigenvalue weighted by Crippen LogP contribution is -2.07. The second-order valence-corrected chi connectivity index (χ2v) is 4.49. The van der Waals surface area contributed by atoms with Crippen molar-refractivity contribution in [2.24, 2.45) is 0 Å². The molecule has 0 heterocycles. The van der Waals surface area contributed by atoms with E-state index in [-0.39, 0.29) is 6.04 Å². The summed E-state index contributed by atoms with van der Waals surface area (Å²) in [6, 6.07) is 11.0. The first-order valence-electron chi connectivity index (χ1n) is 5.53. The third-order valence-corrected chi connectivity index (χ3v) is 2.89. The van der Waals surface area contributed by atoms with Crippen LogP contribution in [0, 0.1) is 11.6 Å². The van der Waals surface area contributed by atoms with Crippen LogP contribution in [0.4, 0.5) is 14.5 Å². The molecule has 0 spiro atoms. The molecule has 2 rings (SSSR count). The predicted molar refractivity (Wildman–Crippen MR) is 69.8 cm³/mol. The van der Waals surface area contributed by atoms with E-state index in [0.29, 0.717) is 10.6 Å². The Hall–Kier alpha value is -1.61. The first kappa shape index (κ1) is 12.8. The van der Waals surface area contributed by atoms with Crippen LogP contribution in [0.2, 0.25) is 5.02 Å². The summed E-state index contributed by atoms with van der Waals surface area (Å²) in [4.78, 5) is 0. The normalized spacial score (nSPS) is 12.2. The fraction of sp³-hybridized carbons (Fsp3) is 0.143. The van der Waals surface area contributed by atoms with Gasteiger partial charge in [-0.1, -0.05) is 23.7 Å². The summed E-state index contributed by atoms with van der Waals surface area (Å²) in [5, 5.41) is 3.79. The zero-order chi connectivity index (χ0) is 13.1. The number of anilines is 1. The van der Waals surface area contributed by atoms with Crippen molar-refractivity contribution < 1.29 is 8.78 Å². The Labute approximate surface area is 109 Å². The molecule has 0 aromatic heterocycles. The lowest BCUT2D eigenvalue weighted by atomic mass is 10.1. The molecule has 4 heteroatoms. The van der Waals surface area contributed by atoms with Crippen LogP contribution < -0.4 is 5.32 Å². The Bertz CT molecular complexity index is 557. The second kappa shape index (κ2) is 5.36. The summed E-state index contributed by atoms with van der Waals surface area (Å²) >= 11 is 5.87. The predicted octanol–water partition coefficient (Wildman–Crippen LogP) is 4.79. The van der Waals surface area contributed by atoms with E-state index in [1.807, 2.05) is 19.1 Å². The van der Waals surface area contributed by atoms with Crippen LogP contribution >= 0.6 is 11.6 Å². The number of halogens is 3. The monoisotopic (exact) mass is 267 g/mol. The molecule has 0 saturated carbocycles. The van der Waals surface area contributed by atoms with Crippen LogP contribution in [-0.4, -0.2) is 0 Å². The topological polar surface area (TPSA) is 12.0 Å². The highest BCUT2D eigenvalue weighted by molar-refractivity contribution is 6.30. The van der Waals surface area contributed by atoms with E-state index in [2.05, 4.69) is 5.32 Å². The Morgan fingerprint density at radius 3 is 2.50 bits per heavy atom. The molecule has 0 aliphatic carbocycles. The van der Waals surface area contributed by atoms with Crippen LogP contribution in [0.3, 0.4) is 0 Å². The lowest BCUT2D eigenvalue weighted by molar-refractivity contribution is 0.506. The van der Waals surface area contributed by atoms with Crippen molar-refractivity contribution in [1.82, 2.24) is 0 Å². The highest BCUT2D eigenvalue weighted by Gasteiger charge is 2.09. The number of benzene rings is 2. The molecule has 0 bridgehead atoms. The molecule has 18 heavy (non-hydrogen) atoms. The van der Waals surface area contributed by atoms with Crippen LogP contribution in [0.15, 0.2) is 42.5 Å². The molecule has 94 valence electrons. The first-order valence-corrected chi connectivity index (χ1v) is 5.91. The third kappa shape index (κ3) is 2.99. The van der Waals surface area contributed by atoms with Crippen molar-refractivity contribution in [2.45, 2.75) is 13.0 Å². The van der Waals surface area contributed by atoms with Gasteiger partial charge in [-0.05, 0) is 42.8 Å². The molecular weight excluding hydrogens is 256 g/mol. The van der Waals surface area contributed by atoms with Gasteiger partial charge in [0.05, 0.1) is 0 Å². The summed E-state index contributed by atoms with van der Waals surface area (Å²) < 4.78 is 25.9. The molecule has 0 aliphatic rings. The van der Waals surface area contributed by atoms with Gasteiger partial charge in [-0.2, -0.15) is 0 Å². The van der Waals surface area contributed by atoms with Gasteiger partial charge in [0, 0.05) is 16.8 Å². The summed E-state index contributed by atoms with van der Waals surface area (Å²) in [5.41, 5.74) is 1.51. The Morgan fingerprint density at radius 2 is 1.83 bits per heavy atom. The highest BCUT2D eigenvalue weighted by Crippen LogP contribution is 2.22. The Balaban J connectivity index is 2.16. The minimum Gasteiger partial charge on any atom is -0.378 e. The summed E-state index contributed by atoms with van der Waals surface area (Å²) in [6.45, 7) is 1.87. The van der Waals surface area contributed by atoms with Gasteiger partial charge in [0.1, 0.15) is 0 Å². The van der Waals surface area contributed by atoms with Crippen LogP contribution in [0.25, 0.3) is 0 Å². The van der Waals surface area contributed by atoms with Gasteiger partial charge in [0.25, 0.3) is 0 Å². The molecule has 0 radical (unpaired) electrons. The number of hydrogen-bond donors (Lipinski definition) is 1. The summed E-state index contributed by atoms with van der Waals surface area (Å²) in [7, 11) is 0. The molecule has 1 unspecified atom stereocenters. The van der Waals surface area contributed by atoms with E-state index in [9.17, 15) is 8.78 Å². The summed E-state index contributed by atoms with van der Waals surface area (Å²) in [5.74, 6) is -1.68. The molecule has 0 amide bonds. The molecule has 0 fully saturated rings. The minimum absolute atomic E-state index is 0.140. The fourth-order valence-corrected chi connectivity index (χ4v) is 1.88. The van der Waals surface area contributed by atoms with Gasteiger partial charge in [-0.25, -0.2) is 8.78 Å². The van der Waals surface area contributed by atoms with E-state index in [0.717, 1.165) is 11.8 Å². The van der Waals surface area contributed by atoms with Crippen LogP contribution in [0.1, 0.15) is 18.5 Å². The molecule has 2 aromatic carbocycles. The molecule has 0 aliphatic heterocycles. The smallest absolute Gasteiger partial charge is 0.159 e. The maximum Gasteiger partial charge on any atom is 0.159 e. The lowest BCUT2D eigenvalue weighted by Gasteiger charge is -2.16. The molecule has 1 atom stereocenters. The Kier molecular flexibility index (Phi) is 3.82. The van der Waals surface area contributed by atoms with Gasteiger partial charge < -0.3 is 5.32 Å². The van der Waals surface area contributed by atoms with E-state index in [1.165, 1.54) is 6.07 Å². The largest absolute Gasteiger partial charge is 0.378 e. The van der Waals surface area contributed by atoms with E-state index < -0.39 is 11.6 Å². The van der Waals surface area contributed by atoms with Gasteiger partial charge >= 0.3 is 0 Å². The SMILES string of the molecule is CC(Nc1cccc(Cl)c1)c1ccc(F)c(F)c1. The Morgan fingerprint density at radius 1 is 1.06 bits per heavy atom. The van der Waals surface area contributed by atoms with Crippen LogP contribution in [-0.2, 0) is 0 Å². The molecule has 2 aromatic rings. The zero-order valence-electron chi connectivity index (χ0n) is 9.75. The summed E-state index contributed by atoms with van der Waals surface area (Å²) in [6.07, 6.45) is 0. The third-order valence-electron chi connectivity index (χ3n) is 2.65. The maximum atomic E-state index is 13.1. The fourth-order valence-electron chi connectivity index (χ4n) is 1.69. The van der Waals surface area contributed by atoms with Gasteiger partial charge in [-0.3, -0.25) is 0 Å². The quantitative estimate of drug-likeness (QED) is 0.843. The standard InChI is InChI=1S/C14H12ClF2N/c1-9(10-5-6-13(16)14(17)7-10)18-12-4-2-3-11(15)8-12/h2-9,18H,1H3. The van der Waals surface area contributed by atoms with Gasteiger partial charge in [0.2, 0.25) is 0 Å². The zero-order valence-corrected chi connectivity index (χ0v) is 10.5. The van der Waals surface area contributed by atoms with Crippen molar-refractivity contribution in [3.63, 3.8) is 0 Å².